The Morgan fingerprint density at radius 2 is 1.97 bits per heavy atom. The Hall–Kier alpha value is -2.38. The minimum atomic E-state index is -0.610. The van der Waals surface area contributed by atoms with Gasteiger partial charge in [-0.3, -0.25) is 4.79 Å². The summed E-state index contributed by atoms with van der Waals surface area (Å²) in [5.41, 5.74) is 2.08. The first-order valence-electron chi connectivity index (χ1n) is 11.4. The van der Waals surface area contributed by atoms with Crippen molar-refractivity contribution in [3.05, 3.63) is 39.7 Å². The molecule has 0 radical (unpaired) electrons. The van der Waals surface area contributed by atoms with Gasteiger partial charge in [0.05, 0.1) is 12.2 Å². The molecule has 7 heteroatoms. The van der Waals surface area contributed by atoms with Crippen LogP contribution in [0.15, 0.2) is 27.4 Å². The lowest BCUT2D eigenvalue weighted by Crippen LogP contribution is -2.57. The molecule has 1 amide bonds. The molecular weight excluding hydrogens is 396 g/mol. The van der Waals surface area contributed by atoms with Gasteiger partial charge in [0.2, 0.25) is 0 Å². The van der Waals surface area contributed by atoms with Crippen molar-refractivity contribution in [2.24, 2.45) is 0 Å². The lowest BCUT2D eigenvalue weighted by molar-refractivity contribution is -0.146. The van der Waals surface area contributed by atoms with Crippen LogP contribution < -0.4 is 15.7 Å². The van der Waals surface area contributed by atoms with Gasteiger partial charge in [0.15, 0.2) is 6.10 Å². The van der Waals surface area contributed by atoms with Crippen molar-refractivity contribution in [2.45, 2.75) is 57.2 Å². The first-order chi connectivity index (χ1) is 15.0. The van der Waals surface area contributed by atoms with Crippen LogP contribution in [0.3, 0.4) is 0 Å². The van der Waals surface area contributed by atoms with E-state index in [1.54, 1.807) is 13.0 Å². The average molecular weight is 427 g/mol. The van der Waals surface area contributed by atoms with E-state index >= 15 is 0 Å². The Balaban J connectivity index is 1.27. The van der Waals surface area contributed by atoms with Crippen molar-refractivity contribution in [2.75, 3.05) is 32.8 Å². The van der Waals surface area contributed by atoms with Gasteiger partial charge in [0, 0.05) is 43.2 Å². The van der Waals surface area contributed by atoms with Crippen LogP contribution in [-0.2, 0) is 22.4 Å². The molecule has 3 aliphatic rings. The van der Waals surface area contributed by atoms with Gasteiger partial charge >= 0.3 is 5.63 Å². The van der Waals surface area contributed by atoms with Crippen LogP contribution >= 0.6 is 0 Å². The zero-order valence-corrected chi connectivity index (χ0v) is 18.1. The average Bonchev–Trinajstić information content (AvgIpc) is 2.80. The van der Waals surface area contributed by atoms with Crippen molar-refractivity contribution in [1.29, 1.82) is 0 Å². The Kier molecular flexibility index (Phi) is 5.48. The van der Waals surface area contributed by atoms with Gasteiger partial charge in [0.1, 0.15) is 11.3 Å². The van der Waals surface area contributed by atoms with E-state index in [0.29, 0.717) is 24.4 Å². The molecule has 7 nitrogen and oxygen atoms in total. The molecule has 2 aromatic rings. The lowest BCUT2D eigenvalue weighted by Gasteiger charge is -2.44. The Morgan fingerprint density at radius 3 is 2.71 bits per heavy atom. The fraction of sp³-hybridized carbons (Fsp3) is 0.583. The summed E-state index contributed by atoms with van der Waals surface area (Å²) in [5.74, 6) is 0.520. The van der Waals surface area contributed by atoms with Crippen LogP contribution in [0.5, 0.6) is 5.75 Å². The highest BCUT2D eigenvalue weighted by atomic mass is 16.5. The van der Waals surface area contributed by atoms with E-state index in [9.17, 15) is 9.59 Å². The highest BCUT2D eigenvalue weighted by molar-refractivity contribution is 5.84. The third-order valence-electron chi connectivity index (χ3n) is 6.98. The molecule has 166 valence electrons. The molecule has 3 heterocycles. The largest absolute Gasteiger partial charge is 0.481 e. The van der Waals surface area contributed by atoms with E-state index in [4.69, 9.17) is 13.9 Å². The van der Waals surface area contributed by atoms with Gasteiger partial charge in [-0.05, 0) is 63.1 Å². The van der Waals surface area contributed by atoms with Crippen LogP contribution in [0.2, 0.25) is 0 Å². The summed E-state index contributed by atoms with van der Waals surface area (Å²) in [6, 6.07) is 5.56. The van der Waals surface area contributed by atoms with Gasteiger partial charge in [-0.25, -0.2) is 4.79 Å². The summed E-state index contributed by atoms with van der Waals surface area (Å²) >= 11 is 0. The number of benzene rings is 1. The van der Waals surface area contributed by atoms with Crippen LogP contribution in [0.1, 0.15) is 43.7 Å². The number of piperidine rings is 1. The normalized spacial score (nSPS) is 21.6. The topological polar surface area (TPSA) is 81.0 Å². The molecule has 1 aromatic heterocycles. The molecule has 0 saturated carbocycles. The smallest absolute Gasteiger partial charge is 0.339 e. The van der Waals surface area contributed by atoms with Gasteiger partial charge in [-0.2, -0.15) is 0 Å². The minimum absolute atomic E-state index is 0.0226. The molecular formula is C24H30N2O5. The number of carbonyl (C=O) groups is 1. The predicted octanol–water partition coefficient (Wildman–Crippen LogP) is 2.42. The number of fused-ring (bicyclic) bond motifs is 3. The number of hydrogen-bond donors (Lipinski definition) is 1. The predicted molar refractivity (Wildman–Crippen MR) is 117 cm³/mol. The van der Waals surface area contributed by atoms with E-state index in [0.717, 1.165) is 74.7 Å². The Morgan fingerprint density at radius 1 is 1.19 bits per heavy atom. The standard InChI is InChI=1S/C24H30N2O5/c1-16(22(27)26-11-8-24(9-12-26)15-25-10-13-29-24)30-17-6-7-19-18-4-2-3-5-20(18)23(28)31-21(19)14-17/h6-7,14,16,25H,2-5,8-13,15H2,1H3. The number of morpholine rings is 1. The fourth-order valence-electron chi connectivity index (χ4n) is 5.17. The van der Waals surface area contributed by atoms with Gasteiger partial charge in [0.25, 0.3) is 5.91 Å². The monoisotopic (exact) mass is 426 g/mol. The van der Waals surface area contributed by atoms with E-state index in [-0.39, 0.29) is 17.1 Å². The number of aryl methyl sites for hydroxylation is 1. The van der Waals surface area contributed by atoms with Crippen molar-refractivity contribution < 1.29 is 18.7 Å². The number of ether oxygens (including phenoxy) is 2. The summed E-state index contributed by atoms with van der Waals surface area (Å²) in [5, 5.41) is 4.37. The third-order valence-corrected chi connectivity index (χ3v) is 6.98. The molecule has 0 bridgehead atoms. The summed E-state index contributed by atoms with van der Waals surface area (Å²) in [4.78, 5) is 27.2. The summed E-state index contributed by atoms with van der Waals surface area (Å²) < 4.78 is 17.5. The molecule has 2 fully saturated rings. The second-order valence-electron chi connectivity index (χ2n) is 9.01. The SMILES string of the molecule is CC(Oc1ccc2c3c(c(=O)oc2c1)CCCC3)C(=O)N1CCC2(CC1)CNCCO2. The lowest BCUT2D eigenvalue weighted by atomic mass is 9.90. The second kappa shape index (κ2) is 8.28. The molecule has 1 spiro atoms. The minimum Gasteiger partial charge on any atom is -0.481 e. The van der Waals surface area contributed by atoms with E-state index < -0.39 is 6.10 Å². The fourth-order valence-corrected chi connectivity index (χ4v) is 5.17. The van der Waals surface area contributed by atoms with Gasteiger partial charge in [-0.1, -0.05) is 0 Å². The van der Waals surface area contributed by atoms with Crippen LogP contribution in [-0.4, -0.2) is 55.3 Å². The molecule has 1 aliphatic carbocycles. The molecule has 1 unspecified atom stereocenters. The number of likely N-dealkylation sites (tertiary alicyclic amines) is 1. The molecule has 5 rings (SSSR count). The van der Waals surface area contributed by atoms with E-state index in [1.807, 2.05) is 17.0 Å². The zero-order valence-electron chi connectivity index (χ0n) is 18.1. The number of nitrogens with zero attached hydrogens (tertiary/aromatic N) is 1. The summed E-state index contributed by atoms with van der Waals surface area (Å²) in [6.07, 6.45) is 4.88. The second-order valence-corrected chi connectivity index (χ2v) is 9.01. The first-order valence-corrected chi connectivity index (χ1v) is 11.4. The Labute approximate surface area is 181 Å². The number of nitrogens with one attached hydrogen (secondary N) is 1. The highest BCUT2D eigenvalue weighted by Gasteiger charge is 2.39. The highest BCUT2D eigenvalue weighted by Crippen LogP contribution is 2.30. The molecule has 2 aliphatic heterocycles. The summed E-state index contributed by atoms with van der Waals surface area (Å²) in [6.45, 7) is 5.60. The molecule has 1 N–H and O–H groups in total. The number of carbonyl (C=O) groups excluding carboxylic acids is 1. The van der Waals surface area contributed by atoms with Gasteiger partial charge in [-0.15, -0.1) is 0 Å². The van der Waals surface area contributed by atoms with Gasteiger partial charge < -0.3 is 24.1 Å². The van der Waals surface area contributed by atoms with Crippen LogP contribution in [0.25, 0.3) is 11.0 Å². The zero-order chi connectivity index (χ0) is 21.4. The van der Waals surface area contributed by atoms with E-state index in [1.165, 1.54) is 0 Å². The Bertz CT molecular complexity index is 1030. The molecule has 1 atom stereocenters. The number of hydrogen-bond acceptors (Lipinski definition) is 6. The van der Waals surface area contributed by atoms with Crippen molar-refractivity contribution in [3.63, 3.8) is 0 Å². The summed E-state index contributed by atoms with van der Waals surface area (Å²) in [7, 11) is 0. The van der Waals surface area contributed by atoms with Crippen LogP contribution in [0.4, 0.5) is 0 Å². The maximum Gasteiger partial charge on any atom is 0.339 e. The third kappa shape index (κ3) is 3.96. The molecule has 1 aromatic carbocycles. The quantitative estimate of drug-likeness (QED) is 0.760. The van der Waals surface area contributed by atoms with E-state index in [2.05, 4.69) is 5.32 Å². The maximum absolute atomic E-state index is 13.0. The van der Waals surface area contributed by atoms with Crippen molar-refractivity contribution in [3.8, 4) is 5.75 Å². The van der Waals surface area contributed by atoms with Crippen molar-refractivity contribution >= 4 is 16.9 Å². The van der Waals surface area contributed by atoms with Crippen LogP contribution in [0, 0.1) is 0 Å². The number of rotatable bonds is 3. The molecule has 2 saturated heterocycles. The first kappa shape index (κ1) is 20.5. The van der Waals surface area contributed by atoms with Crippen molar-refractivity contribution in [1.82, 2.24) is 10.2 Å². The molecule has 31 heavy (non-hydrogen) atoms. The number of amides is 1. The maximum atomic E-state index is 13.0.